The van der Waals surface area contributed by atoms with E-state index in [-0.39, 0.29) is 4.83 Å². The molecule has 0 aliphatic heterocycles. The van der Waals surface area contributed by atoms with Crippen LogP contribution < -0.4 is 0 Å². The van der Waals surface area contributed by atoms with Gasteiger partial charge in [0.2, 0.25) is 0 Å². The van der Waals surface area contributed by atoms with E-state index in [1.165, 1.54) is 11.1 Å². The molecule has 2 rings (SSSR count). The molecule has 3 heteroatoms. The topological polar surface area (TPSA) is 27.0 Å². The number of nitrogens with zero attached hydrogens (tertiary/aromatic N) is 2. The van der Waals surface area contributed by atoms with E-state index in [1.54, 1.807) is 0 Å². The Morgan fingerprint density at radius 1 is 0.905 bits per heavy atom. The quantitative estimate of drug-likeness (QED) is 0.698. The number of alkyl halides is 1. The number of benzene rings is 2. The summed E-state index contributed by atoms with van der Waals surface area (Å²) in [5.41, 5.74) is 2.59. The van der Waals surface area contributed by atoms with E-state index >= 15 is 0 Å². The Labute approximate surface area is 135 Å². The maximum Gasteiger partial charge on any atom is 0.0634 e. The van der Waals surface area contributed by atoms with E-state index in [9.17, 15) is 0 Å². The maximum absolute atomic E-state index is 8.83. The van der Waals surface area contributed by atoms with Crippen molar-refractivity contribution < 1.29 is 0 Å². The van der Waals surface area contributed by atoms with Crippen molar-refractivity contribution >= 4 is 15.9 Å². The van der Waals surface area contributed by atoms with Crippen molar-refractivity contribution in [2.45, 2.75) is 24.3 Å². The van der Waals surface area contributed by atoms with Crippen LogP contribution in [0.5, 0.6) is 0 Å². The monoisotopic (exact) mass is 342 g/mol. The fraction of sp³-hybridized carbons (Fsp3) is 0.278. The normalized spacial score (nSPS) is 12.0. The third kappa shape index (κ3) is 5.71. The van der Waals surface area contributed by atoms with Crippen molar-refractivity contribution in [3.8, 4) is 6.07 Å². The van der Waals surface area contributed by atoms with Crippen LogP contribution in [0.1, 0.15) is 17.5 Å². The van der Waals surface area contributed by atoms with E-state index in [4.69, 9.17) is 5.26 Å². The number of hydrogen-bond acceptors (Lipinski definition) is 2. The number of nitriles is 1. The van der Waals surface area contributed by atoms with Crippen LogP contribution in [0.3, 0.4) is 0 Å². The molecule has 2 aromatic carbocycles. The molecule has 0 spiro atoms. The van der Waals surface area contributed by atoms with E-state index in [1.807, 2.05) is 12.1 Å². The summed E-state index contributed by atoms with van der Waals surface area (Å²) in [4.78, 5) is 2.58. The smallest absolute Gasteiger partial charge is 0.0634 e. The molecule has 0 bridgehead atoms. The molecule has 0 saturated heterocycles. The van der Waals surface area contributed by atoms with E-state index in [2.05, 4.69) is 75.4 Å². The van der Waals surface area contributed by atoms with Crippen molar-refractivity contribution in [2.24, 2.45) is 0 Å². The zero-order chi connectivity index (χ0) is 14.9. The Hall–Kier alpha value is -1.63. The standard InChI is InChI=1S/C18H19BrN2/c19-18(11-12-20)15-21(13-16-7-3-1-4-8-16)14-17-9-5-2-6-10-17/h1-10,18H,11,13-15H2. The summed E-state index contributed by atoms with van der Waals surface area (Å²) in [5.74, 6) is 0. The second-order valence-corrected chi connectivity index (χ2v) is 6.40. The summed E-state index contributed by atoms with van der Waals surface area (Å²) in [6.07, 6.45) is 0.528. The van der Waals surface area contributed by atoms with Gasteiger partial charge in [-0.25, -0.2) is 0 Å². The highest BCUT2D eigenvalue weighted by Crippen LogP contribution is 2.14. The zero-order valence-electron chi connectivity index (χ0n) is 12.0. The molecule has 2 nitrogen and oxygen atoms in total. The molecule has 108 valence electrons. The van der Waals surface area contributed by atoms with Crippen LogP contribution in [-0.2, 0) is 13.1 Å². The van der Waals surface area contributed by atoms with E-state index in [0.717, 1.165) is 19.6 Å². The average Bonchev–Trinajstić information content (AvgIpc) is 2.49. The minimum Gasteiger partial charge on any atom is -0.294 e. The van der Waals surface area contributed by atoms with Gasteiger partial charge in [0, 0.05) is 30.9 Å². The van der Waals surface area contributed by atoms with Gasteiger partial charge < -0.3 is 0 Å². The first kappa shape index (κ1) is 15.8. The van der Waals surface area contributed by atoms with Crippen LogP contribution in [0.4, 0.5) is 0 Å². The van der Waals surface area contributed by atoms with Gasteiger partial charge in [-0.15, -0.1) is 0 Å². The molecule has 0 heterocycles. The van der Waals surface area contributed by atoms with Gasteiger partial charge >= 0.3 is 0 Å². The van der Waals surface area contributed by atoms with Gasteiger partial charge in [-0.3, -0.25) is 4.90 Å². The minimum absolute atomic E-state index is 0.204. The molecule has 0 N–H and O–H groups in total. The molecule has 0 amide bonds. The Morgan fingerprint density at radius 2 is 1.38 bits per heavy atom. The van der Waals surface area contributed by atoms with Gasteiger partial charge in [-0.1, -0.05) is 76.6 Å². The van der Waals surface area contributed by atoms with Crippen molar-refractivity contribution in [1.82, 2.24) is 4.90 Å². The Balaban J connectivity index is 2.05. The maximum atomic E-state index is 8.83. The third-order valence-electron chi connectivity index (χ3n) is 3.27. The van der Waals surface area contributed by atoms with E-state index < -0.39 is 0 Å². The fourth-order valence-electron chi connectivity index (χ4n) is 2.31. The van der Waals surface area contributed by atoms with Gasteiger partial charge in [0.05, 0.1) is 6.07 Å². The molecule has 1 atom stereocenters. The molecular weight excluding hydrogens is 324 g/mol. The number of rotatable bonds is 7. The molecule has 21 heavy (non-hydrogen) atoms. The van der Waals surface area contributed by atoms with Gasteiger partial charge in [0.25, 0.3) is 0 Å². The Bertz CT molecular complexity index is 521. The predicted octanol–water partition coefficient (Wildman–Crippen LogP) is 4.37. The lowest BCUT2D eigenvalue weighted by atomic mass is 10.1. The Kier molecular flexibility index (Phi) is 6.46. The lowest BCUT2D eigenvalue weighted by Gasteiger charge is -2.24. The molecule has 0 aliphatic carbocycles. The van der Waals surface area contributed by atoms with Crippen LogP contribution in [0.15, 0.2) is 60.7 Å². The molecule has 0 saturated carbocycles. The average molecular weight is 343 g/mol. The second-order valence-electron chi connectivity index (χ2n) is 5.10. The highest BCUT2D eigenvalue weighted by atomic mass is 79.9. The van der Waals surface area contributed by atoms with Gasteiger partial charge in [0.1, 0.15) is 0 Å². The van der Waals surface area contributed by atoms with Crippen LogP contribution in [-0.4, -0.2) is 16.3 Å². The summed E-state index contributed by atoms with van der Waals surface area (Å²) in [5, 5.41) is 8.83. The second kappa shape index (κ2) is 8.61. The van der Waals surface area contributed by atoms with Gasteiger partial charge in [-0.2, -0.15) is 5.26 Å². The molecule has 0 radical (unpaired) electrons. The molecule has 2 aromatic rings. The summed E-state index contributed by atoms with van der Waals surface area (Å²) < 4.78 is 0. The first-order valence-electron chi connectivity index (χ1n) is 7.09. The van der Waals surface area contributed by atoms with E-state index in [0.29, 0.717) is 6.42 Å². The highest BCUT2D eigenvalue weighted by Gasteiger charge is 2.12. The molecule has 0 fully saturated rings. The summed E-state index contributed by atoms with van der Waals surface area (Å²) in [6.45, 7) is 2.64. The molecular formula is C18H19BrN2. The van der Waals surface area contributed by atoms with Gasteiger partial charge in [0.15, 0.2) is 0 Å². The van der Waals surface area contributed by atoms with Crippen molar-refractivity contribution in [3.63, 3.8) is 0 Å². The largest absolute Gasteiger partial charge is 0.294 e. The summed E-state index contributed by atoms with van der Waals surface area (Å²) >= 11 is 3.60. The summed E-state index contributed by atoms with van der Waals surface area (Å²) in [7, 11) is 0. The molecule has 1 unspecified atom stereocenters. The fourth-order valence-corrected chi connectivity index (χ4v) is 2.87. The SMILES string of the molecule is N#CCC(Br)CN(Cc1ccccc1)Cc1ccccc1. The number of hydrogen-bond donors (Lipinski definition) is 0. The minimum atomic E-state index is 0.204. The van der Waals surface area contributed by atoms with Crippen LogP contribution in [0.25, 0.3) is 0 Å². The lowest BCUT2D eigenvalue weighted by molar-refractivity contribution is 0.259. The molecule has 0 aromatic heterocycles. The third-order valence-corrected chi connectivity index (χ3v) is 3.88. The zero-order valence-corrected chi connectivity index (χ0v) is 13.5. The first-order valence-corrected chi connectivity index (χ1v) is 8.00. The van der Waals surface area contributed by atoms with Crippen LogP contribution in [0, 0.1) is 11.3 Å². The first-order chi connectivity index (χ1) is 10.3. The van der Waals surface area contributed by atoms with Crippen molar-refractivity contribution in [3.05, 3.63) is 71.8 Å². The van der Waals surface area contributed by atoms with Crippen molar-refractivity contribution in [2.75, 3.05) is 6.54 Å². The van der Waals surface area contributed by atoms with Crippen molar-refractivity contribution in [1.29, 1.82) is 5.26 Å². The van der Waals surface area contributed by atoms with Crippen LogP contribution >= 0.6 is 15.9 Å². The van der Waals surface area contributed by atoms with Crippen LogP contribution in [0.2, 0.25) is 0 Å². The lowest BCUT2D eigenvalue weighted by Crippen LogP contribution is -2.29. The molecule has 0 aliphatic rings. The number of halogens is 1. The summed E-state index contributed by atoms with van der Waals surface area (Å²) in [6, 6.07) is 23.1. The van der Waals surface area contributed by atoms with Gasteiger partial charge in [-0.05, 0) is 11.1 Å². The highest BCUT2D eigenvalue weighted by molar-refractivity contribution is 9.09. The Morgan fingerprint density at radius 3 is 1.81 bits per heavy atom. The predicted molar refractivity (Wildman–Crippen MR) is 89.9 cm³/mol.